The highest BCUT2D eigenvalue weighted by Gasteiger charge is 2.19. The van der Waals surface area contributed by atoms with Gasteiger partial charge < -0.3 is 5.32 Å². The van der Waals surface area contributed by atoms with Gasteiger partial charge >= 0.3 is 0 Å². The molecule has 2 N–H and O–H groups in total. The summed E-state index contributed by atoms with van der Waals surface area (Å²) in [6.07, 6.45) is 0. The Bertz CT molecular complexity index is 562. The van der Waals surface area contributed by atoms with Crippen LogP contribution in [0.2, 0.25) is 0 Å². The molecule has 20 heavy (non-hydrogen) atoms. The fraction of sp³-hybridized carbons (Fsp3) is 0.462. The largest absolute Gasteiger partial charge is 0.351 e. The molecule has 0 aliphatic carbocycles. The first-order chi connectivity index (χ1) is 9.09. The van der Waals surface area contributed by atoms with E-state index >= 15 is 0 Å². The molecule has 0 aliphatic heterocycles. The van der Waals surface area contributed by atoms with Gasteiger partial charge in [-0.2, -0.15) is 0 Å². The van der Waals surface area contributed by atoms with Crippen LogP contribution in [-0.2, 0) is 10.0 Å². The van der Waals surface area contributed by atoms with Gasteiger partial charge in [-0.1, -0.05) is 0 Å². The minimum absolute atomic E-state index is 0.0123. The zero-order valence-electron chi connectivity index (χ0n) is 11.7. The van der Waals surface area contributed by atoms with Crippen LogP contribution in [0.25, 0.3) is 0 Å². The van der Waals surface area contributed by atoms with Crippen molar-refractivity contribution in [1.29, 1.82) is 0 Å². The number of sulfonamides is 1. The number of carbonyl (C=O) groups is 1. The van der Waals surface area contributed by atoms with Gasteiger partial charge in [-0.25, -0.2) is 17.5 Å². The van der Waals surface area contributed by atoms with Gasteiger partial charge in [0.2, 0.25) is 10.0 Å². The first-order valence-corrected chi connectivity index (χ1v) is 7.80. The fourth-order valence-corrected chi connectivity index (χ4v) is 2.93. The van der Waals surface area contributed by atoms with Gasteiger partial charge in [0.1, 0.15) is 5.82 Å². The van der Waals surface area contributed by atoms with Crippen LogP contribution in [0, 0.1) is 5.82 Å². The van der Waals surface area contributed by atoms with E-state index in [4.69, 9.17) is 0 Å². The van der Waals surface area contributed by atoms with Crippen LogP contribution >= 0.6 is 0 Å². The van der Waals surface area contributed by atoms with Crippen LogP contribution in [0.3, 0.4) is 0 Å². The number of rotatable bonds is 5. The molecular weight excluding hydrogens is 283 g/mol. The second-order valence-electron chi connectivity index (χ2n) is 5.43. The van der Waals surface area contributed by atoms with Gasteiger partial charge in [0.15, 0.2) is 0 Å². The van der Waals surface area contributed by atoms with E-state index in [0.29, 0.717) is 0 Å². The summed E-state index contributed by atoms with van der Waals surface area (Å²) in [5.41, 5.74) is -0.271. The summed E-state index contributed by atoms with van der Waals surface area (Å²) in [7, 11) is -3.45. The van der Waals surface area contributed by atoms with Crippen molar-refractivity contribution in [2.24, 2.45) is 0 Å². The molecule has 1 rings (SSSR count). The van der Waals surface area contributed by atoms with E-state index in [2.05, 4.69) is 10.0 Å². The minimum atomic E-state index is -3.45. The first-order valence-electron chi connectivity index (χ1n) is 6.14. The summed E-state index contributed by atoms with van der Waals surface area (Å²) in [6, 6.07) is 5.03. The SMILES string of the molecule is CC(C)(C)NS(=O)(=O)CCNC(=O)c1ccc(F)cc1. The summed E-state index contributed by atoms with van der Waals surface area (Å²) in [5.74, 6) is -1.08. The van der Waals surface area contributed by atoms with Crippen LogP contribution in [0.15, 0.2) is 24.3 Å². The van der Waals surface area contributed by atoms with Crippen molar-refractivity contribution in [3.63, 3.8) is 0 Å². The van der Waals surface area contributed by atoms with E-state index < -0.39 is 27.3 Å². The molecule has 1 amide bonds. The van der Waals surface area contributed by atoms with E-state index in [0.717, 1.165) is 0 Å². The third-order valence-corrected chi connectivity index (χ3v) is 3.89. The van der Waals surface area contributed by atoms with Crippen LogP contribution in [0.5, 0.6) is 0 Å². The molecule has 5 nitrogen and oxygen atoms in total. The number of nitrogens with one attached hydrogen (secondary N) is 2. The smallest absolute Gasteiger partial charge is 0.251 e. The maximum absolute atomic E-state index is 12.7. The second kappa shape index (κ2) is 6.32. The van der Waals surface area contributed by atoms with Crippen LogP contribution in [0.4, 0.5) is 4.39 Å². The Morgan fingerprint density at radius 2 is 1.75 bits per heavy atom. The van der Waals surface area contributed by atoms with Crippen molar-refractivity contribution in [1.82, 2.24) is 10.0 Å². The Kier molecular flexibility index (Phi) is 5.24. The molecule has 0 spiro atoms. The van der Waals surface area contributed by atoms with Crippen molar-refractivity contribution in [2.45, 2.75) is 26.3 Å². The third-order valence-electron chi connectivity index (χ3n) is 2.22. The van der Waals surface area contributed by atoms with Gasteiger partial charge in [-0.3, -0.25) is 4.79 Å². The molecule has 1 aromatic rings. The molecule has 0 atom stereocenters. The standard InChI is InChI=1S/C13H19FN2O3S/c1-13(2,3)16-20(18,19)9-8-15-12(17)10-4-6-11(14)7-5-10/h4-7,16H,8-9H2,1-3H3,(H,15,17). The van der Waals surface area contributed by atoms with Crippen molar-refractivity contribution < 1.29 is 17.6 Å². The van der Waals surface area contributed by atoms with Gasteiger partial charge in [-0.15, -0.1) is 0 Å². The van der Waals surface area contributed by atoms with Crippen LogP contribution < -0.4 is 10.0 Å². The van der Waals surface area contributed by atoms with Crippen molar-refractivity contribution in [2.75, 3.05) is 12.3 Å². The lowest BCUT2D eigenvalue weighted by atomic mass is 10.1. The summed E-state index contributed by atoms with van der Waals surface area (Å²) in [6.45, 7) is 5.20. The van der Waals surface area contributed by atoms with Crippen molar-refractivity contribution in [3.8, 4) is 0 Å². The monoisotopic (exact) mass is 302 g/mol. The predicted molar refractivity (Wildman–Crippen MR) is 75.4 cm³/mol. The average molecular weight is 302 g/mol. The molecule has 0 unspecified atom stereocenters. The fourth-order valence-electron chi connectivity index (χ4n) is 1.52. The molecule has 0 aromatic heterocycles. The summed E-state index contributed by atoms with van der Waals surface area (Å²) in [4.78, 5) is 11.7. The maximum atomic E-state index is 12.7. The van der Waals surface area contributed by atoms with Gasteiger partial charge in [0, 0.05) is 17.6 Å². The number of amides is 1. The Labute approximate surface area is 118 Å². The summed E-state index contributed by atoms with van der Waals surface area (Å²) >= 11 is 0. The van der Waals surface area contributed by atoms with E-state index in [1.807, 2.05) is 0 Å². The van der Waals surface area contributed by atoms with E-state index in [1.165, 1.54) is 24.3 Å². The lowest BCUT2D eigenvalue weighted by molar-refractivity contribution is 0.0956. The number of halogens is 1. The van der Waals surface area contributed by atoms with Gasteiger partial charge in [0.25, 0.3) is 5.91 Å². The van der Waals surface area contributed by atoms with Crippen LogP contribution in [0.1, 0.15) is 31.1 Å². The number of benzene rings is 1. The molecule has 112 valence electrons. The van der Waals surface area contributed by atoms with E-state index in [9.17, 15) is 17.6 Å². The minimum Gasteiger partial charge on any atom is -0.351 e. The van der Waals surface area contributed by atoms with Crippen molar-refractivity contribution >= 4 is 15.9 Å². The van der Waals surface area contributed by atoms with Gasteiger partial charge in [-0.05, 0) is 45.0 Å². The molecule has 0 saturated carbocycles. The quantitative estimate of drug-likeness (QED) is 0.860. The lowest BCUT2D eigenvalue weighted by Gasteiger charge is -2.20. The van der Waals surface area contributed by atoms with Gasteiger partial charge in [0.05, 0.1) is 5.75 Å². The molecule has 0 fully saturated rings. The highest BCUT2D eigenvalue weighted by molar-refractivity contribution is 7.89. The second-order valence-corrected chi connectivity index (χ2v) is 7.28. The highest BCUT2D eigenvalue weighted by Crippen LogP contribution is 2.03. The summed E-state index contributed by atoms with van der Waals surface area (Å²) < 4.78 is 38.6. The molecule has 1 aromatic carbocycles. The predicted octanol–water partition coefficient (Wildman–Crippen LogP) is 1.27. The topological polar surface area (TPSA) is 75.3 Å². The molecule has 0 heterocycles. The molecule has 0 aliphatic rings. The van der Waals surface area contributed by atoms with E-state index in [1.54, 1.807) is 20.8 Å². The number of hydrogen-bond acceptors (Lipinski definition) is 3. The Balaban J connectivity index is 2.48. The van der Waals surface area contributed by atoms with E-state index in [-0.39, 0.29) is 17.9 Å². The Morgan fingerprint density at radius 1 is 1.20 bits per heavy atom. The number of hydrogen-bond donors (Lipinski definition) is 2. The third kappa shape index (κ3) is 6.12. The zero-order valence-corrected chi connectivity index (χ0v) is 12.6. The average Bonchev–Trinajstić information content (AvgIpc) is 2.26. The lowest BCUT2D eigenvalue weighted by Crippen LogP contribution is -2.43. The Morgan fingerprint density at radius 3 is 2.25 bits per heavy atom. The maximum Gasteiger partial charge on any atom is 0.251 e. The molecular formula is C13H19FN2O3S. The number of carbonyl (C=O) groups excluding carboxylic acids is 1. The molecule has 0 saturated heterocycles. The highest BCUT2D eigenvalue weighted by atomic mass is 32.2. The molecule has 0 bridgehead atoms. The van der Waals surface area contributed by atoms with Crippen molar-refractivity contribution in [3.05, 3.63) is 35.6 Å². The first kappa shape index (κ1) is 16.6. The van der Waals surface area contributed by atoms with Crippen LogP contribution in [-0.4, -0.2) is 32.2 Å². The summed E-state index contributed by atoms with van der Waals surface area (Å²) in [5, 5.41) is 2.48. The molecule has 7 heteroatoms. The molecule has 0 radical (unpaired) electrons. The normalized spacial score (nSPS) is 12.2. The Hall–Kier alpha value is -1.47. The zero-order chi connectivity index (χ0) is 15.4.